The third-order valence-electron chi connectivity index (χ3n) is 5.16. The molecule has 0 aliphatic carbocycles. The van der Waals surface area contributed by atoms with Crippen LogP contribution in [0.4, 0.5) is 5.82 Å². The van der Waals surface area contributed by atoms with Gasteiger partial charge in [-0.1, -0.05) is 30.3 Å². The summed E-state index contributed by atoms with van der Waals surface area (Å²) in [6.45, 7) is 1.89. The molecule has 0 fully saturated rings. The second-order valence-electron chi connectivity index (χ2n) is 7.56. The van der Waals surface area contributed by atoms with Gasteiger partial charge in [0.05, 0.1) is 25.6 Å². The van der Waals surface area contributed by atoms with Gasteiger partial charge in [-0.3, -0.25) is 4.79 Å². The minimum absolute atomic E-state index is 0.0382. The number of rotatable bonds is 9. The maximum Gasteiger partial charge on any atom is 0.225 e. The molecule has 4 rings (SSSR count). The van der Waals surface area contributed by atoms with Gasteiger partial charge in [0.25, 0.3) is 0 Å². The Hall–Kier alpha value is -3.65. The summed E-state index contributed by atoms with van der Waals surface area (Å²) >= 11 is 1.46. The molecule has 1 N–H and O–H groups in total. The third kappa shape index (κ3) is 5.40. The van der Waals surface area contributed by atoms with Crippen molar-refractivity contribution in [2.75, 3.05) is 19.5 Å². The van der Waals surface area contributed by atoms with Crippen LogP contribution in [0.15, 0.2) is 60.0 Å². The first-order chi connectivity index (χ1) is 16.1. The number of nitrogens with zero attached hydrogens (tertiary/aromatic N) is 3. The largest absolute Gasteiger partial charge is 0.493 e. The summed E-state index contributed by atoms with van der Waals surface area (Å²) in [4.78, 5) is 17.3. The molecule has 8 heteroatoms. The lowest BCUT2D eigenvalue weighted by Gasteiger charge is -2.08. The van der Waals surface area contributed by atoms with E-state index in [0.29, 0.717) is 28.9 Å². The second-order valence-corrected chi connectivity index (χ2v) is 8.39. The third-order valence-corrected chi connectivity index (χ3v) is 5.98. The van der Waals surface area contributed by atoms with E-state index in [1.165, 1.54) is 16.9 Å². The summed E-state index contributed by atoms with van der Waals surface area (Å²) < 4.78 is 12.4. The van der Waals surface area contributed by atoms with Crippen LogP contribution < -0.4 is 14.8 Å². The summed E-state index contributed by atoms with van der Waals surface area (Å²) in [6, 6.07) is 17.7. The number of thiazole rings is 1. The van der Waals surface area contributed by atoms with Crippen LogP contribution in [0.25, 0.3) is 16.4 Å². The van der Waals surface area contributed by atoms with Crippen LogP contribution >= 0.6 is 11.3 Å². The SMILES string of the molecule is COc1ccc(-c2csc(-n3nc(C)cc3NC(=O)CCCc3ccccc3)n2)cc1OC. The molecule has 0 saturated heterocycles. The molecule has 7 nitrogen and oxygen atoms in total. The normalized spacial score (nSPS) is 10.8. The number of hydrogen-bond acceptors (Lipinski definition) is 6. The average Bonchev–Trinajstić information content (AvgIpc) is 3.46. The molecule has 0 spiro atoms. The molecule has 0 unspecified atom stereocenters. The number of anilines is 1. The highest BCUT2D eigenvalue weighted by molar-refractivity contribution is 7.12. The van der Waals surface area contributed by atoms with Gasteiger partial charge in [0.15, 0.2) is 11.5 Å². The van der Waals surface area contributed by atoms with Crippen molar-refractivity contribution in [2.45, 2.75) is 26.2 Å². The van der Waals surface area contributed by atoms with Crippen LogP contribution in [0.5, 0.6) is 11.5 Å². The first-order valence-corrected chi connectivity index (χ1v) is 11.5. The van der Waals surface area contributed by atoms with Crippen molar-refractivity contribution < 1.29 is 14.3 Å². The zero-order valence-corrected chi connectivity index (χ0v) is 19.7. The highest BCUT2D eigenvalue weighted by atomic mass is 32.1. The van der Waals surface area contributed by atoms with E-state index in [0.717, 1.165) is 29.8 Å². The maximum atomic E-state index is 12.6. The predicted octanol–water partition coefficient (Wildman–Crippen LogP) is 5.28. The number of nitrogens with one attached hydrogen (secondary N) is 1. The second kappa shape index (κ2) is 10.3. The average molecular weight is 463 g/mol. The Bertz CT molecular complexity index is 1230. The van der Waals surface area contributed by atoms with Crippen molar-refractivity contribution >= 4 is 23.1 Å². The van der Waals surface area contributed by atoms with Gasteiger partial charge in [-0.2, -0.15) is 9.78 Å². The summed E-state index contributed by atoms with van der Waals surface area (Å²) in [5, 5.41) is 10.2. The van der Waals surface area contributed by atoms with E-state index >= 15 is 0 Å². The monoisotopic (exact) mass is 462 g/mol. The van der Waals surface area contributed by atoms with Crippen LogP contribution in [-0.4, -0.2) is 34.9 Å². The zero-order chi connectivity index (χ0) is 23.2. The smallest absolute Gasteiger partial charge is 0.225 e. The summed E-state index contributed by atoms with van der Waals surface area (Å²) in [5.74, 6) is 1.88. The van der Waals surface area contributed by atoms with Gasteiger partial charge in [-0.15, -0.1) is 11.3 Å². The summed E-state index contributed by atoms with van der Waals surface area (Å²) in [6.07, 6.45) is 2.09. The van der Waals surface area contributed by atoms with E-state index in [9.17, 15) is 4.79 Å². The van der Waals surface area contributed by atoms with E-state index in [1.54, 1.807) is 18.9 Å². The van der Waals surface area contributed by atoms with Gasteiger partial charge >= 0.3 is 0 Å². The predicted molar refractivity (Wildman–Crippen MR) is 131 cm³/mol. The molecule has 170 valence electrons. The number of aryl methyl sites for hydroxylation is 2. The Morgan fingerprint density at radius 3 is 2.61 bits per heavy atom. The molecule has 2 aromatic carbocycles. The van der Waals surface area contributed by atoms with Gasteiger partial charge in [-0.25, -0.2) is 4.98 Å². The number of carbonyl (C=O) groups is 1. The summed E-state index contributed by atoms with van der Waals surface area (Å²) in [7, 11) is 3.21. The molecule has 4 aromatic rings. The number of methoxy groups -OCH3 is 2. The zero-order valence-electron chi connectivity index (χ0n) is 18.9. The number of ether oxygens (including phenoxy) is 2. The van der Waals surface area contributed by atoms with Gasteiger partial charge < -0.3 is 14.8 Å². The standard InChI is InChI=1S/C25H26N4O3S/c1-17-14-23(27-24(30)11-7-10-18-8-5-4-6-9-18)29(28-17)25-26-20(16-33-25)19-12-13-21(31-2)22(15-19)32-3/h4-6,8-9,12-16H,7,10-11H2,1-3H3,(H,27,30). The summed E-state index contributed by atoms with van der Waals surface area (Å²) in [5.41, 5.74) is 3.74. The molecule has 0 aliphatic rings. The number of aromatic nitrogens is 3. The minimum Gasteiger partial charge on any atom is -0.493 e. The van der Waals surface area contributed by atoms with Crippen LogP contribution in [0.2, 0.25) is 0 Å². The Kier molecular flexibility index (Phi) is 7.04. The lowest BCUT2D eigenvalue weighted by atomic mass is 10.1. The Labute approximate surface area is 197 Å². The fraction of sp³-hybridized carbons (Fsp3) is 0.240. The van der Waals surface area contributed by atoms with E-state index in [-0.39, 0.29) is 5.91 Å². The van der Waals surface area contributed by atoms with Crippen LogP contribution in [-0.2, 0) is 11.2 Å². The first-order valence-electron chi connectivity index (χ1n) is 10.7. The number of amides is 1. The van der Waals surface area contributed by atoms with Crippen molar-refractivity contribution in [3.05, 3.63) is 71.2 Å². The van der Waals surface area contributed by atoms with Gasteiger partial charge in [0.2, 0.25) is 11.0 Å². The Morgan fingerprint density at radius 2 is 1.85 bits per heavy atom. The van der Waals surface area contributed by atoms with Gasteiger partial charge in [0.1, 0.15) is 5.82 Å². The molecule has 0 radical (unpaired) electrons. The lowest BCUT2D eigenvalue weighted by Crippen LogP contribution is -2.14. The first kappa shape index (κ1) is 22.5. The highest BCUT2D eigenvalue weighted by Crippen LogP contribution is 2.33. The van der Waals surface area contributed by atoms with Gasteiger partial charge in [-0.05, 0) is 43.5 Å². The van der Waals surface area contributed by atoms with Crippen LogP contribution in [0.3, 0.4) is 0 Å². The topological polar surface area (TPSA) is 78.3 Å². The van der Waals surface area contributed by atoms with Crippen molar-refractivity contribution in [1.29, 1.82) is 0 Å². The molecule has 0 bridgehead atoms. The quantitative estimate of drug-likeness (QED) is 0.366. The van der Waals surface area contributed by atoms with E-state index in [4.69, 9.17) is 14.5 Å². The molecule has 0 aliphatic heterocycles. The van der Waals surface area contributed by atoms with Crippen molar-refractivity contribution in [3.63, 3.8) is 0 Å². The molecule has 0 atom stereocenters. The fourth-order valence-corrected chi connectivity index (χ4v) is 4.32. The lowest BCUT2D eigenvalue weighted by molar-refractivity contribution is -0.116. The van der Waals surface area contributed by atoms with E-state index < -0.39 is 0 Å². The minimum atomic E-state index is -0.0382. The van der Waals surface area contributed by atoms with Crippen molar-refractivity contribution in [1.82, 2.24) is 14.8 Å². The van der Waals surface area contributed by atoms with Gasteiger partial charge in [0, 0.05) is 23.4 Å². The van der Waals surface area contributed by atoms with Crippen LogP contribution in [0, 0.1) is 6.92 Å². The van der Waals surface area contributed by atoms with Crippen molar-refractivity contribution in [2.24, 2.45) is 0 Å². The molecule has 33 heavy (non-hydrogen) atoms. The molecular weight excluding hydrogens is 436 g/mol. The molecular formula is C25H26N4O3S. The Morgan fingerprint density at radius 1 is 1.06 bits per heavy atom. The maximum absolute atomic E-state index is 12.6. The molecule has 0 saturated carbocycles. The molecule has 2 heterocycles. The number of hydrogen-bond donors (Lipinski definition) is 1. The van der Waals surface area contributed by atoms with Crippen LogP contribution in [0.1, 0.15) is 24.1 Å². The highest BCUT2D eigenvalue weighted by Gasteiger charge is 2.15. The van der Waals surface area contributed by atoms with E-state index in [1.807, 2.05) is 54.8 Å². The number of carbonyl (C=O) groups excluding carboxylic acids is 1. The van der Waals surface area contributed by atoms with Crippen molar-refractivity contribution in [3.8, 4) is 27.9 Å². The Balaban J connectivity index is 1.46. The molecule has 1 amide bonds. The molecule has 2 aromatic heterocycles. The number of benzene rings is 2. The van der Waals surface area contributed by atoms with E-state index in [2.05, 4.69) is 22.5 Å². The fourth-order valence-electron chi connectivity index (χ4n) is 3.53.